The van der Waals surface area contributed by atoms with Crippen LogP contribution >= 0.6 is 0 Å². The fourth-order valence-corrected chi connectivity index (χ4v) is 6.08. The number of rotatable bonds is 5. The van der Waals surface area contributed by atoms with Crippen molar-refractivity contribution in [3.8, 4) is 0 Å². The van der Waals surface area contributed by atoms with Crippen LogP contribution in [-0.4, -0.2) is 62.3 Å². The number of fused-ring (bicyclic) bond motifs is 1. The third kappa shape index (κ3) is 4.02. The van der Waals surface area contributed by atoms with Crippen molar-refractivity contribution in [3.63, 3.8) is 0 Å². The van der Waals surface area contributed by atoms with Crippen molar-refractivity contribution in [1.82, 2.24) is 19.3 Å². The van der Waals surface area contributed by atoms with Crippen molar-refractivity contribution < 1.29 is 20.7 Å². The predicted molar refractivity (Wildman–Crippen MR) is 113 cm³/mol. The summed E-state index contributed by atoms with van der Waals surface area (Å²) >= 11 is 0. The highest BCUT2D eigenvalue weighted by Gasteiger charge is 2.36. The number of nitrogens with one attached hydrogen (secondary N) is 1. The van der Waals surface area contributed by atoms with Gasteiger partial charge in [-0.1, -0.05) is 13.0 Å². The first-order valence-corrected chi connectivity index (χ1v) is 12.5. The van der Waals surface area contributed by atoms with Crippen molar-refractivity contribution in [2.24, 2.45) is 5.92 Å². The Balaban J connectivity index is 1.65. The van der Waals surface area contributed by atoms with Crippen molar-refractivity contribution in [3.05, 3.63) is 42.9 Å². The Kier molecular flexibility index (Phi) is 5.48. The zero-order valence-corrected chi connectivity index (χ0v) is 18.6. The van der Waals surface area contributed by atoms with Crippen LogP contribution in [0.25, 0.3) is 11.0 Å². The van der Waals surface area contributed by atoms with E-state index in [1.54, 1.807) is 6.20 Å². The van der Waals surface area contributed by atoms with E-state index in [4.69, 9.17) is 0 Å². The Morgan fingerprint density at radius 2 is 1.90 bits per heavy atom. The van der Waals surface area contributed by atoms with Gasteiger partial charge in [-0.25, -0.2) is 18.4 Å². The molecule has 166 valence electrons. The second-order valence-corrected chi connectivity index (χ2v) is 10.9. The number of halogens is 1. The molecule has 1 N–H and O–H groups in total. The van der Waals surface area contributed by atoms with Gasteiger partial charge in [-0.15, -0.1) is 3.89 Å². The number of piperidine rings is 1. The number of aromatic nitrogens is 3. The standard InChI is InChI=1S/C19H22FN5O4S2/c1-13-7-9-25(31(28,29)15-5-3-4-14(10-15)30(20,26)27)11-17(13)24(2)19-16-6-8-21-18(16)22-12-23-19/h3-6,8,10,12-13,17H,7,9,11H2,1-2H3,(H,21,22,23). The maximum Gasteiger partial charge on any atom is 0.332 e. The molecule has 3 heterocycles. The summed E-state index contributed by atoms with van der Waals surface area (Å²) in [5, 5.41) is 0.832. The molecule has 0 bridgehead atoms. The molecule has 1 aromatic carbocycles. The molecule has 2 aromatic heterocycles. The highest BCUT2D eigenvalue weighted by atomic mass is 32.3. The lowest BCUT2D eigenvalue weighted by Crippen LogP contribution is -2.52. The highest BCUT2D eigenvalue weighted by Crippen LogP contribution is 2.31. The molecule has 1 aliphatic rings. The minimum absolute atomic E-state index is 0.176. The summed E-state index contributed by atoms with van der Waals surface area (Å²) in [6.07, 6.45) is 3.83. The second kappa shape index (κ2) is 7.84. The lowest BCUT2D eigenvalue weighted by atomic mass is 9.93. The number of hydrogen-bond donors (Lipinski definition) is 1. The molecular formula is C19H22FN5O4S2. The third-order valence-electron chi connectivity index (χ3n) is 5.77. The Bertz CT molecular complexity index is 1330. The van der Waals surface area contributed by atoms with Crippen LogP contribution in [0.15, 0.2) is 52.6 Å². The van der Waals surface area contributed by atoms with E-state index in [-0.39, 0.29) is 29.9 Å². The van der Waals surface area contributed by atoms with Gasteiger partial charge in [0.05, 0.1) is 15.2 Å². The van der Waals surface area contributed by atoms with Gasteiger partial charge in [0.15, 0.2) is 0 Å². The molecule has 0 radical (unpaired) electrons. The largest absolute Gasteiger partial charge is 0.354 e. The average Bonchev–Trinajstić information content (AvgIpc) is 3.22. The summed E-state index contributed by atoms with van der Waals surface area (Å²) in [5.41, 5.74) is 0.689. The SMILES string of the molecule is CC1CCN(S(=O)(=O)c2cccc(S(=O)(=O)F)c2)CC1N(C)c1ncnc2[nH]ccc12. The Morgan fingerprint density at radius 3 is 2.65 bits per heavy atom. The topological polar surface area (TPSA) is 116 Å². The molecule has 31 heavy (non-hydrogen) atoms. The van der Waals surface area contributed by atoms with E-state index in [0.717, 1.165) is 17.5 Å². The Morgan fingerprint density at radius 1 is 1.16 bits per heavy atom. The molecule has 0 amide bonds. The van der Waals surface area contributed by atoms with Crippen LogP contribution in [-0.2, 0) is 20.2 Å². The van der Waals surface area contributed by atoms with Gasteiger partial charge in [0.2, 0.25) is 10.0 Å². The molecule has 4 rings (SSSR count). The van der Waals surface area contributed by atoms with Gasteiger partial charge < -0.3 is 9.88 Å². The summed E-state index contributed by atoms with van der Waals surface area (Å²) in [5.74, 6) is 0.867. The fourth-order valence-electron chi connectivity index (χ4n) is 3.97. The number of likely N-dealkylation sites (N-methyl/N-ethyl adjacent to an activating group) is 1. The van der Waals surface area contributed by atoms with Crippen LogP contribution in [0.2, 0.25) is 0 Å². The zero-order chi connectivity index (χ0) is 22.4. The van der Waals surface area contributed by atoms with Crippen LogP contribution in [0.4, 0.5) is 9.70 Å². The first-order chi connectivity index (χ1) is 14.6. The Hall–Kier alpha value is -2.57. The van der Waals surface area contributed by atoms with E-state index in [1.165, 1.54) is 22.8 Å². The van der Waals surface area contributed by atoms with Crippen LogP contribution < -0.4 is 4.90 Å². The summed E-state index contributed by atoms with van der Waals surface area (Å²) in [6.45, 7) is 2.52. The average molecular weight is 468 g/mol. The first-order valence-electron chi connectivity index (χ1n) is 9.65. The van der Waals surface area contributed by atoms with Crippen LogP contribution in [0.1, 0.15) is 13.3 Å². The van der Waals surface area contributed by atoms with Crippen LogP contribution in [0.3, 0.4) is 0 Å². The van der Waals surface area contributed by atoms with E-state index in [0.29, 0.717) is 17.9 Å². The van der Waals surface area contributed by atoms with Gasteiger partial charge in [0.1, 0.15) is 17.8 Å². The molecule has 1 aliphatic heterocycles. The molecule has 0 aliphatic carbocycles. The van der Waals surface area contributed by atoms with Crippen LogP contribution in [0, 0.1) is 5.92 Å². The lowest BCUT2D eigenvalue weighted by molar-refractivity contribution is 0.247. The molecule has 1 fully saturated rings. The van der Waals surface area contributed by atoms with E-state index in [9.17, 15) is 20.7 Å². The van der Waals surface area contributed by atoms with Gasteiger partial charge >= 0.3 is 10.2 Å². The van der Waals surface area contributed by atoms with Gasteiger partial charge in [-0.05, 0) is 36.6 Å². The van der Waals surface area contributed by atoms with E-state index >= 15 is 0 Å². The van der Waals surface area contributed by atoms with Crippen molar-refractivity contribution in [2.75, 3.05) is 25.0 Å². The van der Waals surface area contributed by atoms with Crippen molar-refractivity contribution in [2.45, 2.75) is 29.2 Å². The third-order valence-corrected chi connectivity index (χ3v) is 8.45. The molecule has 2 unspecified atom stereocenters. The number of anilines is 1. The van der Waals surface area contributed by atoms with E-state index in [2.05, 4.69) is 21.9 Å². The smallest absolute Gasteiger partial charge is 0.332 e. The molecule has 2 atom stereocenters. The lowest BCUT2D eigenvalue weighted by Gasteiger charge is -2.41. The van der Waals surface area contributed by atoms with Crippen molar-refractivity contribution >= 4 is 37.1 Å². The fraction of sp³-hybridized carbons (Fsp3) is 0.368. The molecule has 3 aromatic rings. The van der Waals surface area contributed by atoms with Crippen LogP contribution in [0.5, 0.6) is 0 Å². The normalized spacial score (nSPS) is 20.7. The molecule has 9 nitrogen and oxygen atoms in total. The minimum Gasteiger partial charge on any atom is -0.354 e. The van der Waals surface area contributed by atoms with Crippen molar-refractivity contribution in [1.29, 1.82) is 0 Å². The minimum atomic E-state index is -5.01. The predicted octanol–water partition coefficient (Wildman–Crippen LogP) is 2.15. The molecule has 1 saturated heterocycles. The van der Waals surface area contributed by atoms with Gasteiger partial charge in [-0.3, -0.25) is 0 Å². The molecule has 12 heteroatoms. The van der Waals surface area contributed by atoms with E-state index in [1.807, 2.05) is 18.0 Å². The highest BCUT2D eigenvalue weighted by molar-refractivity contribution is 7.89. The number of aromatic amines is 1. The first kappa shape index (κ1) is 21.7. The summed E-state index contributed by atoms with van der Waals surface area (Å²) < 4.78 is 63.5. The maximum absolute atomic E-state index is 13.4. The zero-order valence-electron chi connectivity index (χ0n) is 16.9. The number of nitrogens with zero attached hydrogens (tertiary/aromatic N) is 4. The van der Waals surface area contributed by atoms with Gasteiger partial charge in [0, 0.05) is 32.4 Å². The molecular weight excluding hydrogens is 445 g/mol. The quantitative estimate of drug-likeness (QED) is 0.572. The number of H-pyrrole nitrogens is 1. The molecule has 0 spiro atoms. The number of hydrogen-bond acceptors (Lipinski definition) is 7. The summed E-state index contributed by atoms with van der Waals surface area (Å²) in [6, 6.07) is 6.07. The summed E-state index contributed by atoms with van der Waals surface area (Å²) in [7, 11) is -7.16. The maximum atomic E-state index is 13.4. The number of sulfonamides is 1. The second-order valence-electron chi connectivity index (χ2n) is 7.66. The summed E-state index contributed by atoms with van der Waals surface area (Å²) in [4.78, 5) is 12.6. The van der Waals surface area contributed by atoms with Gasteiger partial charge in [0.25, 0.3) is 0 Å². The van der Waals surface area contributed by atoms with E-state index < -0.39 is 25.1 Å². The Labute approximate surface area is 180 Å². The monoisotopic (exact) mass is 467 g/mol. The molecule has 0 saturated carbocycles. The number of benzene rings is 1. The van der Waals surface area contributed by atoms with Gasteiger partial charge in [-0.2, -0.15) is 12.7 Å².